The second kappa shape index (κ2) is 5.51. The lowest BCUT2D eigenvalue weighted by Gasteiger charge is -2.42. The van der Waals surface area contributed by atoms with Gasteiger partial charge in [0, 0.05) is 13.0 Å². The summed E-state index contributed by atoms with van der Waals surface area (Å²) >= 11 is 0. The zero-order valence-electron chi connectivity index (χ0n) is 11.3. The van der Waals surface area contributed by atoms with Crippen LogP contribution in [0.15, 0.2) is 0 Å². The van der Waals surface area contributed by atoms with Gasteiger partial charge < -0.3 is 4.74 Å². The number of ether oxygens (including phenoxy) is 1. The van der Waals surface area contributed by atoms with Crippen molar-refractivity contribution < 1.29 is 9.53 Å². The van der Waals surface area contributed by atoms with Gasteiger partial charge in [-0.1, -0.05) is 39.0 Å². The minimum atomic E-state index is -0.444. The van der Waals surface area contributed by atoms with Gasteiger partial charge in [0.25, 0.3) is 0 Å². The first-order valence-corrected chi connectivity index (χ1v) is 7.30. The number of methoxy groups -OCH3 is 1. The molecular formula is C15H26O2. The van der Waals surface area contributed by atoms with Gasteiger partial charge in [-0.2, -0.15) is 0 Å². The lowest BCUT2D eigenvalue weighted by molar-refractivity contribution is -0.157. The largest absolute Gasteiger partial charge is 0.370 e. The highest BCUT2D eigenvalue weighted by atomic mass is 16.5. The molecule has 2 rings (SSSR count). The van der Waals surface area contributed by atoms with E-state index in [0.717, 1.165) is 32.1 Å². The highest BCUT2D eigenvalue weighted by Gasteiger charge is 2.47. The van der Waals surface area contributed by atoms with Crippen LogP contribution in [0.3, 0.4) is 0 Å². The maximum atomic E-state index is 12.8. The number of Topliss-reactive ketones (excluding diaryl/α,β-unsaturated/α-hetero) is 1. The van der Waals surface area contributed by atoms with E-state index in [2.05, 4.69) is 6.92 Å². The van der Waals surface area contributed by atoms with Crippen LogP contribution in [0.25, 0.3) is 0 Å². The molecule has 17 heavy (non-hydrogen) atoms. The first-order valence-electron chi connectivity index (χ1n) is 7.30. The van der Waals surface area contributed by atoms with Crippen molar-refractivity contribution in [1.29, 1.82) is 0 Å². The number of rotatable bonds is 3. The van der Waals surface area contributed by atoms with Gasteiger partial charge in [-0.15, -0.1) is 0 Å². The molecule has 2 saturated carbocycles. The molecule has 0 radical (unpaired) electrons. The summed E-state index contributed by atoms with van der Waals surface area (Å²) in [5.41, 5.74) is -0.444. The van der Waals surface area contributed by atoms with Crippen LogP contribution >= 0.6 is 0 Å². The molecule has 0 aromatic rings. The number of carbonyl (C=O) groups is 1. The maximum absolute atomic E-state index is 12.8. The predicted octanol–water partition coefficient (Wildman–Crippen LogP) is 3.73. The second-order valence-electron chi connectivity index (χ2n) is 5.94. The van der Waals surface area contributed by atoms with Crippen molar-refractivity contribution in [1.82, 2.24) is 0 Å². The Bertz CT molecular complexity index is 268. The molecule has 2 heteroatoms. The number of hydrogen-bond donors (Lipinski definition) is 0. The summed E-state index contributed by atoms with van der Waals surface area (Å²) in [7, 11) is 1.74. The molecular weight excluding hydrogens is 212 g/mol. The molecule has 0 saturated heterocycles. The van der Waals surface area contributed by atoms with E-state index in [4.69, 9.17) is 4.74 Å². The van der Waals surface area contributed by atoms with E-state index in [1.165, 1.54) is 25.7 Å². The first kappa shape index (κ1) is 13.1. The van der Waals surface area contributed by atoms with Crippen LogP contribution in [0, 0.1) is 11.8 Å². The van der Waals surface area contributed by atoms with Crippen molar-refractivity contribution in [2.75, 3.05) is 7.11 Å². The highest BCUT2D eigenvalue weighted by molar-refractivity contribution is 5.90. The lowest BCUT2D eigenvalue weighted by atomic mass is 9.68. The number of ketones is 1. The van der Waals surface area contributed by atoms with Gasteiger partial charge in [-0.25, -0.2) is 0 Å². The Labute approximate surface area is 105 Å². The Morgan fingerprint density at radius 1 is 1.06 bits per heavy atom. The van der Waals surface area contributed by atoms with E-state index >= 15 is 0 Å². The van der Waals surface area contributed by atoms with Gasteiger partial charge in [0.15, 0.2) is 5.78 Å². The maximum Gasteiger partial charge on any atom is 0.167 e. The Hall–Kier alpha value is -0.370. The summed E-state index contributed by atoms with van der Waals surface area (Å²) in [5.74, 6) is 1.10. The van der Waals surface area contributed by atoms with Gasteiger partial charge in [-0.3, -0.25) is 4.79 Å². The molecule has 0 bridgehead atoms. The summed E-state index contributed by atoms with van der Waals surface area (Å²) in [6, 6.07) is 0. The van der Waals surface area contributed by atoms with Gasteiger partial charge in [-0.05, 0) is 31.6 Å². The molecule has 0 N–H and O–H groups in total. The van der Waals surface area contributed by atoms with Crippen LogP contribution in [0.1, 0.15) is 64.7 Å². The molecule has 0 amide bonds. The predicted molar refractivity (Wildman–Crippen MR) is 69.0 cm³/mol. The smallest absolute Gasteiger partial charge is 0.167 e. The van der Waals surface area contributed by atoms with Crippen molar-refractivity contribution in [3.8, 4) is 0 Å². The van der Waals surface area contributed by atoms with E-state index in [1.54, 1.807) is 7.11 Å². The third-order valence-electron chi connectivity index (χ3n) is 4.99. The topological polar surface area (TPSA) is 26.3 Å². The van der Waals surface area contributed by atoms with Crippen molar-refractivity contribution >= 4 is 5.78 Å². The molecule has 2 fully saturated rings. The molecule has 2 atom stereocenters. The van der Waals surface area contributed by atoms with E-state index in [0.29, 0.717) is 11.7 Å². The standard InChI is InChI=1S/C15H26O2/c1-12-8-6-7-11-15(12,17-2)14(16)13-9-4-3-5-10-13/h12-13H,3-11H2,1-2H3. The van der Waals surface area contributed by atoms with Crippen LogP contribution in [0.5, 0.6) is 0 Å². The molecule has 2 nitrogen and oxygen atoms in total. The summed E-state index contributed by atoms with van der Waals surface area (Å²) < 4.78 is 5.76. The fourth-order valence-corrected chi connectivity index (χ4v) is 3.80. The average Bonchev–Trinajstić information content (AvgIpc) is 2.40. The highest BCUT2D eigenvalue weighted by Crippen LogP contribution is 2.41. The van der Waals surface area contributed by atoms with Crippen LogP contribution in [-0.2, 0) is 9.53 Å². The fourth-order valence-electron chi connectivity index (χ4n) is 3.80. The summed E-state index contributed by atoms with van der Waals surface area (Å²) in [6.45, 7) is 2.20. The third kappa shape index (κ3) is 2.42. The van der Waals surface area contributed by atoms with Gasteiger partial charge in [0.2, 0.25) is 0 Å². The van der Waals surface area contributed by atoms with Gasteiger partial charge in [0.05, 0.1) is 0 Å². The molecule has 2 aliphatic rings. The first-order chi connectivity index (χ1) is 8.20. The summed E-state index contributed by atoms with van der Waals surface area (Å²) in [4.78, 5) is 12.8. The van der Waals surface area contributed by atoms with E-state index < -0.39 is 5.60 Å². The number of carbonyl (C=O) groups excluding carboxylic acids is 1. The van der Waals surface area contributed by atoms with Crippen LogP contribution in [-0.4, -0.2) is 18.5 Å². The molecule has 0 spiro atoms. The Kier molecular flexibility index (Phi) is 4.24. The molecule has 2 aliphatic carbocycles. The van der Waals surface area contributed by atoms with Crippen molar-refractivity contribution in [3.05, 3.63) is 0 Å². The number of hydrogen-bond acceptors (Lipinski definition) is 2. The second-order valence-corrected chi connectivity index (χ2v) is 5.94. The average molecular weight is 238 g/mol. The Morgan fingerprint density at radius 2 is 1.71 bits per heavy atom. The summed E-state index contributed by atoms with van der Waals surface area (Å²) in [5, 5.41) is 0. The Balaban J connectivity index is 2.12. The summed E-state index contributed by atoms with van der Waals surface area (Å²) in [6.07, 6.45) is 10.4. The normalized spacial score (nSPS) is 35.8. The van der Waals surface area contributed by atoms with E-state index in [1.807, 2.05) is 0 Å². The SMILES string of the molecule is COC1(C(=O)C2CCCCC2)CCCCC1C. The molecule has 98 valence electrons. The Morgan fingerprint density at radius 3 is 2.29 bits per heavy atom. The molecule has 0 aromatic heterocycles. The van der Waals surface area contributed by atoms with Crippen molar-refractivity contribution in [2.24, 2.45) is 11.8 Å². The van der Waals surface area contributed by atoms with Crippen molar-refractivity contribution in [2.45, 2.75) is 70.3 Å². The van der Waals surface area contributed by atoms with Gasteiger partial charge >= 0.3 is 0 Å². The zero-order valence-corrected chi connectivity index (χ0v) is 11.3. The molecule has 0 aliphatic heterocycles. The zero-order chi connectivity index (χ0) is 12.3. The molecule has 0 heterocycles. The quantitative estimate of drug-likeness (QED) is 0.749. The van der Waals surface area contributed by atoms with Crippen LogP contribution in [0.2, 0.25) is 0 Å². The lowest BCUT2D eigenvalue weighted by Crippen LogP contribution is -2.51. The minimum absolute atomic E-state index is 0.282. The van der Waals surface area contributed by atoms with Crippen LogP contribution in [0.4, 0.5) is 0 Å². The van der Waals surface area contributed by atoms with E-state index in [9.17, 15) is 4.79 Å². The molecule has 0 aromatic carbocycles. The monoisotopic (exact) mass is 238 g/mol. The third-order valence-corrected chi connectivity index (χ3v) is 4.99. The van der Waals surface area contributed by atoms with E-state index in [-0.39, 0.29) is 5.92 Å². The van der Waals surface area contributed by atoms with Gasteiger partial charge in [0.1, 0.15) is 5.60 Å². The minimum Gasteiger partial charge on any atom is -0.370 e. The molecule has 2 unspecified atom stereocenters. The van der Waals surface area contributed by atoms with Crippen molar-refractivity contribution in [3.63, 3.8) is 0 Å². The van der Waals surface area contributed by atoms with Crippen LogP contribution < -0.4 is 0 Å². The fraction of sp³-hybridized carbons (Fsp3) is 0.933.